The van der Waals surface area contributed by atoms with E-state index in [1.54, 1.807) is 18.0 Å². The lowest BCUT2D eigenvalue weighted by Gasteiger charge is -2.26. The Labute approximate surface area is 118 Å². The van der Waals surface area contributed by atoms with E-state index >= 15 is 0 Å². The maximum absolute atomic E-state index is 12.3. The van der Waals surface area contributed by atoms with Gasteiger partial charge in [0.25, 0.3) is 5.91 Å². The van der Waals surface area contributed by atoms with Gasteiger partial charge in [-0.3, -0.25) is 4.79 Å². The second-order valence-electron chi connectivity index (χ2n) is 5.20. The first-order valence-corrected chi connectivity index (χ1v) is 6.64. The molecule has 6 nitrogen and oxygen atoms in total. The number of hydrogen-bond acceptors (Lipinski definition) is 4. The van der Waals surface area contributed by atoms with E-state index in [-0.39, 0.29) is 11.6 Å². The lowest BCUT2D eigenvalue weighted by atomic mass is 10.1. The topological polar surface area (TPSA) is 73.7 Å². The number of hydrogen-bond donors (Lipinski definition) is 1. The number of likely N-dealkylation sites (tertiary alicyclic amines) is 1. The van der Waals surface area contributed by atoms with E-state index in [9.17, 15) is 9.59 Å². The molecule has 1 saturated heterocycles. The Morgan fingerprint density at radius 1 is 1.55 bits per heavy atom. The van der Waals surface area contributed by atoms with Crippen LogP contribution in [0.5, 0.6) is 0 Å². The zero-order valence-electron chi connectivity index (χ0n) is 11.7. The lowest BCUT2D eigenvalue weighted by molar-refractivity contribution is 0.0690. The average Bonchev–Trinajstić information content (AvgIpc) is 2.83. The van der Waals surface area contributed by atoms with Gasteiger partial charge < -0.3 is 14.9 Å². The van der Waals surface area contributed by atoms with Crippen LogP contribution in [0, 0.1) is 0 Å². The Kier molecular flexibility index (Phi) is 4.34. The molecule has 1 atom stereocenters. The molecule has 2 heterocycles. The van der Waals surface area contributed by atoms with Gasteiger partial charge in [0.05, 0.1) is 0 Å². The van der Waals surface area contributed by atoms with Gasteiger partial charge >= 0.3 is 5.97 Å². The van der Waals surface area contributed by atoms with Gasteiger partial charge in [0.15, 0.2) is 0 Å². The van der Waals surface area contributed by atoms with Crippen molar-refractivity contribution < 1.29 is 14.7 Å². The first-order valence-electron chi connectivity index (χ1n) is 6.64. The second kappa shape index (κ2) is 6.00. The van der Waals surface area contributed by atoms with Crippen molar-refractivity contribution in [1.29, 1.82) is 0 Å². The summed E-state index contributed by atoms with van der Waals surface area (Å²) in [4.78, 5) is 30.8. The van der Waals surface area contributed by atoms with Gasteiger partial charge in [-0.2, -0.15) is 0 Å². The third-order valence-electron chi connectivity index (χ3n) is 3.73. The predicted octanol–water partition coefficient (Wildman–Crippen LogP) is 0.946. The van der Waals surface area contributed by atoms with E-state index < -0.39 is 5.97 Å². The van der Waals surface area contributed by atoms with Crippen molar-refractivity contribution in [1.82, 2.24) is 14.8 Å². The van der Waals surface area contributed by atoms with Crippen molar-refractivity contribution in [2.45, 2.75) is 18.9 Å². The van der Waals surface area contributed by atoms with E-state index in [0.717, 1.165) is 19.4 Å². The van der Waals surface area contributed by atoms with Gasteiger partial charge in [0, 0.05) is 31.4 Å². The predicted molar refractivity (Wildman–Crippen MR) is 73.8 cm³/mol. The van der Waals surface area contributed by atoms with Crippen molar-refractivity contribution in [3.8, 4) is 0 Å². The monoisotopic (exact) mass is 277 g/mol. The number of carboxylic acids is 1. The highest BCUT2D eigenvalue weighted by Gasteiger charge is 2.24. The summed E-state index contributed by atoms with van der Waals surface area (Å²) >= 11 is 0. The number of likely N-dealkylation sites (N-methyl/N-ethyl adjacent to an activating group) is 2. The number of amides is 1. The number of aromatic nitrogens is 1. The van der Waals surface area contributed by atoms with Crippen molar-refractivity contribution in [3.05, 3.63) is 29.6 Å². The summed E-state index contributed by atoms with van der Waals surface area (Å²) in [5, 5.41) is 8.90. The molecule has 0 aromatic carbocycles. The lowest BCUT2D eigenvalue weighted by Crippen LogP contribution is -2.39. The minimum atomic E-state index is -1.13. The van der Waals surface area contributed by atoms with Gasteiger partial charge in [-0.15, -0.1) is 0 Å². The molecular formula is C14H19N3O3. The molecule has 1 aromatic rings. The molecule has 6 heteroatoms. The highest BCUT2D eigenvalue weighted by Crippen LogP contribution is 2.16. The fraction of sp³-hybridized carbons (Fsp3) is 0.500. The SMILES string of the molecule is CN(CC1CCCN1C)C(=O)c1ccnc(C(=O)O)c1. The first kappa shape index (κ1) is 14.5. The molecule has 108 valence electrons. The van der Waals surface area contributed by atoms with Crippen molar-refractivity contribution in [2.24, 2.45) is 0 Å². The summed E-state index contributed by atoms with van der Waals surface area (Å²) in [6.07, 6.45) is 3.60. The van der Waals surface area contributed by atoms with Crippen LogP contribution in [-0.2, 0) is 0 Å². The molecule has 1 unspecified atom stereocenters. The number of nitrogens with zero attached hydrogens (tertiary/aromatic N) is 3. The zero-order chi connectivity index (χ0) is 14.7. The van der Waals surface area contributed by atoms with Crippen LogP contribution in [-0.4, -0.2) is 65.0 Å². The number of rotatable bonds is 4. The van der Waals surface area contributed by atoms with Crippen molar-refractivity contribution in [2.75, 3.05) is 27.2 Å². The molecule has 1 N–H and O–H groups in total. The molecule has 1 amide bonds. The average molecular weight is 277 g/mol. The Morgan fingerprint density at radius 3 is 2.90 bits per heavy atom. The summed E-state index contributed by atoms with van der Waals surface area (Å²) in [6, 6.07) is 3.24. The van der Waals surface area contributed by atoms with E-state index in [2.05, 4.69) is 16.9 Å². The highest BCUT2D eigenvalue weighted by molar-refractivity contribution is 5.96. The van der Waals surface area contributed by atoms with Gasteiger partial charge in [0.2, 0.25) is 0 Å². The van der Waals surface area contributed by atoms with Crippen LogP contribution in [0.15, 0.2) is 18.3 Å². The standard InChI is InChI=1S/C14H19N3O3/c1-16-7-3-4-11(16)9-17(2)13(18)10-5-6-15-12(8-10)14(19)20/h5-6,8,11H,3-4,7,9H2,1-2H3,(H,19,20). The Hall–Kier alpha value is -1.95. The molecule has 0 radical (unpaired) electrons. The number of aromatic carboxylic acids is 1. The molecular weight excluding hydrogens is 258 g/mol. The van der Waals surface area contributed by atoms with Gasteiger partial charge in [-0.1, -0.05) is 0 Å². The van der Waals surface area contributed by atoms with Crippen molar-refractivity contribution >= 4 is 11.9 Å². The number of carbonyl (C=O) groups excluding carboxylic acids is 1. The number of carbonyl (C=O) groups is 2. The molecule has 1 aliphatic heterocycles. The molecule has 0 aliphatic carbocycles. The highest BCUT2D eigenvalue weighted by atomic mass is 16.4. The van der Waals surface area contributed by atoms with Crippen LogP contribution in [0.25, 0.3) is 0 Å². The molecule has 1 fully saturated rings. The fourth-order valence-corrected chi connectivity index (χ4v) is 2.51. The van der Waals surface area contributed by atoms with Gasteiger partial charge in [-0.05, 0) is 38.6 Å². The van der Waals surface area contributed by atoms with Crippen molar-refractivity contribution in [3.63, 3.8) is 0 Å². The number of pyridine rings is 1. The molecule has 1 aliphatic rings. The van der Waals surface area contributed by atoms with E-state index in [1.165, 1.54) is 12.3 Å². The zero-order valence-corrected chi connectivity index (χ0v) is 11.7. The third kappa shape index (κ3) is 3.14. The summed E-state index contributed by atoms with van der Waals surface area (Å²) < 4.78 is 0. The molecule has 1 aromatic heterocycles. The van der Waals surface area contributed by atoms with E-state index in [0.29, 0.717) is 18.2 Å². The quantitative estimate of drug-likeness (QED) is 0.887. The van der Waals surface area contributed by atoms with Crippen LogP contribution in [0.4, 0.5) is 0 Å². The molecule has 2 rings (SSSR count). The molecule has 0 spiro atoms. The fourth-order valence-electron chi connectivity index (χ4n) is 2.51. The van der Waals surface area contributed by atoms with Crippen LogP contribution in [0.2, 0.25) is 0 Å². The number of carboxylic acid groups (broad SMARTS) is 1. The first-order chi connectivity index (χ1) is 9.49. The molecule has 0 bridgehead atoms. The summed E-state index contributed by atoms with van der Waals surface area (Å²) in [7, 11) is 3.81. The maximum atomic E-state index is 12.3. The van der Waals surface area contributed by atoms with Crippen LogP contribution >= 0.6 is 0 Å². The summed E-state index contributed by atoms with van der Waals surface area (Å²) in [5.74, 6) is -1.30. The molecule has 20 heavy (non-hydrogen) atoms. The minimum Gasteiger partial charge on any atom is -0.477 e. The smallest absolute Gasteiger partial charge is 0.354 e. The van der Waals surface area contributed by atoms with Crippen LogP contribution in [0.1, 0.15) is 33.7 Å². The van der Waals surface area contributed by atoms with E-state index in [4.69, 9.17) is 5.11 Å². The Morgan fingerprint density at radius 2 is 2.30 bits per heavy atom. The second-order valence-corrected chi connectivity index (χ2v) is 5.20. The van der Waals surface area contributed by atoms with Gasteiger partial charge in [-0.25, -0.2) is 9.78 Å². The Bertz CT molecular complexity index is 518. The summed E-state index contributed by atoms with van der Waals surface area (Å²) in [6.45, 7) is 1.71. The third-order valence-corrected chi connectivity index (χ3v) is 3.73. The largest absolute Gasteiger partial charge is 0.477 e. The van der Waals surface area contributed by atoms with Crippen LogP contribution in [0.3, 0.4) is 0 Å². The molecule has 0 saturated carbocycles. The van der Waals surface area contributed by atoms with Gasteiger partial charge in [0.1, 0.15) is 5.69 Å². The normalized spacial score (nSPS) is 19.0. The van der Waals surface area contributed by atoms with Crippen LogP contribution < -0.4 is 0 Å². The maximum Gasteiger partial charge on any atom is 0.354 e. The minimum absolute atomic E-state index is 0.109. The Balaban J connectivity index is 2.06. The van der Waals surface area contributed by atoms with E-state index in [1.807, 2.05) is 0 Å². The summed E-state index contributed by atoms with van der Waals surface area (Å²) in [5.41, 5.74) is 0.253.